The molecule has 11 heteroatoms. The van der Waals surface area contributed by atoms with Crippen LogP contribution < -0.4 is 5.32 Å². The molecule has 2 N–H and O–H groups in total. The highest BCUT2D eigenvalue weighted by molar-refractivity contribution is 6.48. The summed E-state index contributed by atoms with van der Waals surface area (Å²) in [5, 5.41) is 4.59. The Balaban J connectivity index is 1.30. The minimum Gasteiger partial charge on any atom is -0.361 e. The molecule has 1 saturated carbocycles. The third kappa shape index (κ3) is 7.91. The minimum atomic E-state index is -0.961. The lowest BCUT2D eigenvalue weighted by atomic mass is 9.94. The van der Waals surface area contributed by atoms with Crippen molar-refractivity contribution in [2.45, 2.75) is 64.1 Å². The van der Waals surface area contributed by atoms with Gasteiger partial charge in [-0.1, -0.05) is 72.3 Å². The van der Waals surface area contributed by atoms with Crippen LogP contribution in [0, 0.1) is 0 Å². The SMILES string of the molecule is CC(=O)N(Cc1cc(Cl)c(Cl)c(Cl)c1)C(=O)C(Cc1c[nH]c2ccccc12)NC(=O)CN1CCN(C2CCCCC2)CC1. The first-order chi connectivity index (χ1) is 20.7. The molecule has 1 aliphatic carbocycles. The van der Waals surface area contributed by atoms with Gasteiger partial charge in [0.1, 0.15) is 6.04 Å². The molecule has 3 aromatic rings. The standard InChI is InChI=1S/C32H38Cl3N5O3/c1-21(41)40(19-22-15-26(33)31(35)27(34)16-22)32(43)29(17-23-18-36-28-10-6-5-9-25(23)28)37-30(42)20-38-11-13-39(14-12-38)24-7-3-2-4-8-24/h5-6,9-10,15-16,18,24,29,36H,2-4,7-8,11-14,17,19-20H2,1H3,(H,37,42). The maximum Gasteiger partial charge on any atom is 0.252 e. The summed E-state index contributed by atoms with van der Waals surface area (Å²) in [4.78, 5) is 49.3. The first-order valence-electron chi connectivity index (χ1n) is 15.0. The maximum atomic E-state index is 14.0. The zero-order chi connectivity index (χ0) is 30.5. The third-order valence-corrected chi connectivity index (χ3v) is 9.82. The molecule has 1 saturated heterocycles. The van der Waals surface area contributed by atoms with Crippen molar-refractivity contribution in [3.63, 3.8) is 0 Å². The highest BCUT2D eigenvalue weighted by atomic mass is 35.5. The number of amides is 3. The van der Waals surface area contributed by atoms with Crippen molar-refractivity contribution >= 4 is 63.4 Å². The molecule has 0 spiro atoms. The molecule has 2 fully saturated rings. The number of aromatic nitrogens is 1. The number of hydrogen-bond acceptors (Lipinski definition) is 5. The van der Waals surface area contributed by atoms with Crippen molar-refractivity contribution < 1.29 is 14.4 Å². The van der Waals surface area contributed by atoms with Gasteiger partial charge < -0.3 is 10.3 Å². The van der Waals surface area contributed by atoms with Gasteiger partial charge in [0, 0.05) is 62.7 Å². The van der Waals surface area contributed by atoms with Gasteiger partial charge in [0.05, 0.1) is 28.2 Å². The third-order valence-electron chi connectivity index (χ3n) is 8.63. The molecule has 1 unspecified atom stereocenters. The number of benzene rings is 2. The summed E-state index contributed by atoms with van der Waals surface area (Å²) >= 11 is 18.5. The lowest BCUT2D eigenvalue weighted by Gasteiger charge is -2.40. The van der Waals surface area contributed by atoms with Crippen LogP contribution in [0.5, 0.6) is 0 Å². The number of rotatable bonds is 9. The molecular formula is C32H38Cl3N5O3. The molecule has 8 nitrogen and oxygen atoms in total. The molecule has 2 aromatic carbocycles. The van der Waals surface area contributed by atoms with E-state index in [4.69, 9.17) is 34.8 Å². The molecule has 230 valence electrons. The van der Waals surface area contributed by atoms with Gasteiger partial charge in [0.25, 0.3) is 5.91 Å². The summed E-state index contributed by atoms with van der Waals surface area (Å²) in [6.45, 7) is 4.96. The van der Waals surface area contributed by atoms with Gasteiger partial charge in [-0.3, -0.25) is 29.1 Å². The minimum absolute atomic E-state index is 0.0614. The fraction of sp³-hybridized carbons (Fsp3) is 0.469. The average molecular weight is 647 g/mol. The van der Waals surface area contributed by atoms with E-state index in [2.05, 4.69) is 20.1 Å². The van der Waals surface area contributed by atoms with Crippen molar-refractivity contribution in [1.29, 1.82) is 0 Å². The monoisotopic (exact) mass is 645 g/mol. The first-order valence-corrected chi connectivity index (χ1v) is 16.1. The van der Waals surface area contributed by atoms with Crippen molar-refractivity contribution in [3.05, 3.63) is 68.8 Å². The first kappa shape index (κ1) is 31.8. The Morgan fingerprint density at radius 2 is 1.67 bits per heavy atom. The summed E-state index contributed by atoms with van der Waals surface area (Å²) in [6.07, 6.45) is 8.52. The van der Waals surface area contributed by atoms with E-state index in [0.29, 0.717) is 11.6 Å². The van der Waals surface area contributed by atoms with E-state index in [9.17, 15) is 14.4 Å². The molecule has 1 atom stereocenters. The van der Waals surface area contributed by atoms with Crippen LogP contribution in [0.4, 0.5) is 0 Å². The molecule has 2 aliphatic rings. The van der Waals surface area contributed by atoms with Gasteiger partial charge in [0.15, 0.2) is 0 Å². The number of carbonyl (C=O) groups excluding carboxylic acids is 3. The molecule has 3 amide bonds. The van der Waals surface area contributed by atoms with Crippen LogP contribution in [-0.4, -0.2) is 82.2 Å². The van der Waals surface area contributed by atoms with E-state index in [0.717, 1.165) is 47.5 Å². The lowest BCUT2D eigenvalue weighted by molar-refractivity contribution is -0.147. The molecule has 2 heterocycles. The number of piperazine rings is 1. The van der Waals surface area contributed by atoms with E-state index in [1.807, 2.05) is 30.5 Å². The molecule has 5 rings (SSSR count). The number of para-hydroxylation sites is 1. The smallest absolute Gasteiger partial charge is 0.252 e. The van der Waals surface area contributed by atoms with Crippen molar-refractivity contribution in [1.82, 2.24) is 25.0 Å². The van der Waals surface area contributed by atoms with Gasteiger partial charge in [-0.05, 0) is 42.2 Å². The van der Waals surface area contributed by atoms with Crippen LogP contribution in [0.2, 0.25) is 15.1 Å². The van der Waals surface area contributed by atoms with Crippen molar-refractivity contribution in [3.8, 4) is 0 Å². The summed E-state index contributed by atoms with van der Waals surface area (Å²) in [5.41, 5.74) is 2.35. The van der Waals surface area contributed by atoms with E-state index in [-0.39, 0.29) is 40.5 Å². The van der Waals surface area contributed by atoms with Gasteiger partial charge in [-0.2, -0.15) is 0 Å². The normalized spacial score (nSPS) is 17.6. The van der Waals surface area contributed by atoms with Gasteiger partial charge in [-0.15, -0.1) is 0 Å². The van der Waals surface area contributed by atoms with E-state index in [1.165, 1.54) is 39.0 Å². The highest BCUT2D eigenvalue weighted by Gasteiger charge is 2.31. The Hall–Kier alpha value is -2.62. The van der Waals surface area contributed by atoms with Gasteiger partial charge in [-0.25, -0.2) is 0 Å². The van der Waals surface area contributed by atoms with Crippen LogP contribution in [0.25, 0.3) is 10.9 Å². The largest absolute Gasteiger partial charge is 0.361 e. The van der Waals surface area contributed by atoms with Crippen molar-refractivity contribution in [2.75, 3.05) is 32.7 Å². The number of nitrogens with one attached hydrogen (secondary N) is 2. The lowest BCUT2D eigenvalue weighted by Crippen LogP contribution is -2.55. The Labute approximate surface area is 267 Å². The van der Waals surface area contributed by atoms with E-state index in [1.54, 1.807) is 12.1 Å². The molecule has 1 aromatic heterocycles. The second kappa shape index (κ2) is 14.4. The number of hydrogen-bond donors (Lipinski definition) is 2. The summed E-state index contributed by atoms with van der Waals surface area (Å²) in [6, 6.07) is 10.6. The number of carbonyl (C=O) groups is 3. The molecule has 1 aliphatic heterocycles. The van der Waals surface area contributed by atoms with Crippen LogP contribution in [0.1, 0.15) is 50.2 Å². The summed E-state index contributed by atoms with van der Waals surface area (Å²) < 4.78 is 0. The average Bonchev–Trinajstić information content (AvgIpc) is 3.41. The zero-order valence-corrected chi connectivity index (χ0v) is 26.6. The number of H-pyrrole nitrogens is 1. The van der Waals surface area contributed by atoms with Crippen molar-refractivity contribution in [2.24, 2.45) is 0 Å². The summed E-state index contributed by atoms with van der Waals surface area (Å²) in [7, 11) is 0. The fourth-order valence-corrected chi connectivity index (χ4v) is 6.95. The maximum absolute atomic E-state index is 14.0. The Kier molecular flexibility index (Phi) is 10.7. The van der Waals surface area contributed by atoms with Crippen LogP contribution in [-0.2, 0) is 27.3 Å². The number of aromatic amines is 1. The van der Waals surface area contributed by atoms with E-state index >= 15 is 0 Å². The topological polar surface area (TPSA) is 88.8 Å². The zero-order valence-electron chi connectivity index (χ0n) is 24.4. The van der Waals surface area contributed by atoms with Crippen LogP contribution in [0.3, 0.4) is 0 Å². The van der Waals surface area contributed by atoms with Crippen LogP contribution in [0.15, 0.2) is 42.6 Å². The number of imide groups is 1. The highest BCUT2D eigenvalue weighted by Crippen LogP contribution is 2.32. The quantitative estimate of drug-likeness (QED) is 0.292. The predicted molar refractivity (Wildman–Crippen MR) is 172 cm³/mol. The Morgan fingerprint density at radius 1 is 1.00 bits per heavy atom. The molecular weight excluding hydrogens is 609 g/mol. The second-order valence-electron chi connectivity index (χ2n) is 11.6. The Bertz CT molecular complexity index is 1440. The number of fused-ring (bicyclic) bond motifs is 1. The second-order valence-corrected chi connectivity index (χ2v) is 12.8. The predicted octanol–water partition coefficient (Wildman–Crippen LogP) is 5.68. The molecule has 0 bridgehead atoms. The fourth-order valence-electron chi connectivity index (χ4n) is 6.31. The van der Waals surface area contributed by atoms with Gasteiger partial charge >= 0.3 is 0 Å². The van der Waals surface area contributed by atoms with E-state index < -0.39 is 17.9 Å². The van der Waals surface area contributed by atoms with Gasteiger partial charge in [0.2, 0.25) is 11.8 Å². The Morgan fingerprint density at radius 3 is 2.35 bits per heavy atom. The number of halogens is 3. The molecule has 0 radical (unpaired) electrons. The van der Waals surface area contributed by atoms with Crippen LogP contribution >= 0.6 is 34.8 Å². The summed E-state index contributed by atoms with van der Waals surface area (Å²) in [5.74, 6) is -1.20. The number of nitrogens with zero attached hydrogens (tertiary/aromatic N) is 3. The molecule has 43 heavy (non-hydrogen) atoms.